The van der Waals surface area contributed by atoms with Crippen molar-refractivity contribution < 1.29 is 9.90 Å². The highest BCUT2D eigenvalue weighted by Crippen LogP contribution is 2.19. The lowest BCUT2D eigenvalue weighted by Gasteiger charge is -2.14. The van der Waals surface area contributed by atoms with Crippen molar-refractivity contribution in [3.63, 3.8) is 0 Å². The van der Waals surface area contributed by atoms with Crippen molar-refractivity contribution >= 4 is 23.2 Å². The summed E-state index contributed by atoms with van der Waals surface area (Å²) in [6.45, 7) is 1.79. The normalized spacial score (nSPS) is 12.2. The molecule has 1 rings (SSSR count). The van der Waals surface area contributed by atoms with Crippen molar-refractivity contribution in [2.75, 3.05) is 12.3 Å². The lowest BCUT2D eigenvalue weighted by molar-refractivity contribution is 0.0915. The van der Waals surface area contributed by atoms with Crippen LogP contribution in [0.25, 0.3) is 0 Å². The SMILES string of the molecule is CCC(CO)NC(=O)c1ccc(N)cc1Cl. The van der Waals surface area contributed by atoms with Gasteiger partial charge in [-0.2, -0.15) is 0 Å². The van der Waals surface area contributed by atoms with Crippen LogP contribution in [0.15, 0.2) is 18.2 Å². The Morgan fingerprint density at radius 3 is 2.81 bits per heavy atom. The van der Waals surface area contributed by atoms with E-state index in [1.165, 1.54) is 6.07 Å². The Balaban J connectivity index is 2.80. The van der Waals surface area contributed by atoms with Crippen LogP contribution in [0.4, 0.5) is 5.69 Å². The molecule has 0 heterocycles. The summed E-state index contributed by atoms with van der Waals surface area (Å²) in [6, 6.07) is 4.45. The monoisotopic (exact) mass is 242 g/mol. The van der Waals surface area contributed by atoms with Gasteiger partial charge in [-0.05, 0) is 24.6 Å². The number of carbonyl (C=O) groups excluding carboxylic acids is 1. The Hall–Kier alpha value is -1.26. The van der Waals surface area contributed by atoms with Crippen LogP contribution in [0.5, 0.6) is 0 Å². The van der Waals surface area contributed by atoms with Crippen molar-refractivity contribution in [2.45, 2.75) is 19.4 Å². The third-order valence-corrected chi connectivity index (χ3v) is 2.60. The number of benzene rings is 1. The summed E-state index contributed by atoms with van der Waals surface area (Å²) in [5.74, 6) is -0.300. The van der Waals surface area contributed by atoms with E-state index in [1.54, 1.807) is 12.1 Å². The van der Waals surface area contributed by atoms with E-state index in [4.69, 9.17) is 22.4 Å². The maximum absolute atomic E-state index is 11.8. The molecule has 1 aromatic carbocycles. The van der Waals surface area contributed by atoms with Crippen LogP contribution in [0, 0.1) is 0 Å². The second-order valence-electron chi connectivity index (χ2n) is 3.50. The zero-order valence-electron chi connectivity index (χ0n) is 9.03. The van der Waals surface area contributed by atoms with Gasteiger partial charge in [0.2, 0.25) is 0 Å². The molecule has 0 aromatic heterocycles. The van der Waals surface area contributed by atoms with Gasteiger partial charge in [0, 0.05) is 5.69 Å². The van der Waals surface area contributed by atoms with Crippen molar-refractivity contribution in [3.05, 3.63) is 28.8 Å². The van der Waals surface area contributed by atoms with E-state index in [1.807, 2.05) is 6.92 Å². The molecule has 1 aromatic rings. The number of hydrogen-bond acceptors (Lipinski definition) is 3. The van der Waals surface area contributed by atoms with Gasteiger partial charge in [-0.15, -0.1) is 0 Å². The van der Waals surface area contributed by atoms with E-state index >= 15 is 0 Å². The van der Waals surface area contributed by atoms with Gasteiger partial charge in [-0.25, -0.2) is 0 Å². The van der Waals surface area contributed by atoms with Gasteiger partial charge in [-0.1, -0.05) is 18.5 Å². The molecule has 16 heavy (non-hydrogen) atoms. The van der Waals surface area contributed by atoms with Crippen LogP contribution in [-0.4, -0.2) is 23.7 Å². The summed E-state index contributed by atoms with van der Waals surface area (Å²) in [5.41, 5.74) is 6.40. The van der Waals surface area contributed by atoms with Crippen LogP contribution in [0.1, 0.15) is 23.7 Å². The maximum atomic E-state index is 11.8. The molecule has 1 amide bonds. The second-order valence-corrected chi connectivity index (χ2v) is 3.91. The first kappa shape index (κ1) is 12.8. The quantitative estimate of drug-likeness (QED) is 0.699. The number of nitrogens with two attached hydrogens (primary N) is 1. The molecule has 4 N–H and O–H groups in total. The van der Waals surface area contributed by atoms with Crippen molar-refractivity contribution in [3.8, 4) is 0 Å². The number of nitrogens with one attached hydrogen (secondary N) is 1. The summed E-state index contributed by atoms with van der Waals surface area (Å²) in [5, 5.41) is 12.0. The van der Waals surface area contributed by atoms with Crippen LogP contribution in [0.2, 0.25) is 5.02 Å². The first-order valence-electron chi connectivity index (χ1n) is 5.05. The molecule has 0 aliphatic heterocycles. The largest absolute Gasteiger partial charge is 0.399 e. The fraction of sp³-hybridized carbons (Fsp3) is 0.364. The summed E-state index contributed by atoms with van der Waals surface area (Å²) in [4.78, 5) is 11.8. The third kappa shape index (κ3) is 3.12. The van der Waals surface area contributed by atoms with Crippen LogP contribution >= 0.6 is 11.6 Å². The van der Waals surface area contributed by atoms with Crippen LogP contribution < -0.4 is 11.1 Å². The third-order valence-electron chi connectivity index (χ3n) is 2.29. The smallest absolute Gasteiger partial charge is 0.253 e. The van der Waals surface area contributed by atoms with E-state index in [-0.39, 0.29) is 18.6 Å². The minimum Gasteiger partial charge on any atom is -0.399 e. The summed E-state index contributed by atoms with van der Waals surface area (Å²) in [7, 11) is 0. The highest BCUT2D eigenvalue weighted by atomic mass is 35.5. The average Bonchev–Trinajstić information content (AvgIpc) is 2.25. The molecule has 4 nitrogen and oxygen atoms in total. The predicted molar refractivity (Wildman–Crippen MR) is 64.5 cm³/mol. The zero-order chi connectivity index (χ0) is 12.1. The molecule has 0 aliphatic carbocycles. The first-order chi connectivity index (χ1) is 7.58. The maximum Gasteiger partial charge on any atom is 0.253 e. The fourth-order valence-electron chi connectivity index (χ4n) is 1.26. The number of anilines is 1. The standard InChI is InChI=1S/C11H15ClN2O2/c1-2-8(6-15)14-11(16)9-4-3-7(13)5-10(9)12/h3-5,8,15H,2,6,13H2,1H3,(H,14,16). The van der Waals surface area contributed by atoms with E-state index < -0.39 is 0 Å². The van der Waals surface area contributed by atoms with E-state index in [9.17, 15) is 4.79 Å². The number of halogens is 1. The van der Waals surface area contributed by atoms with Gasteiger partial charge in [0.15, 0.2) is 0 Å². The highest BCUT2D eigenvalue weighted by Gasteiger charge is 2.13. The lowest BCUT2D eigenvalue weighted by atomic mass is 10.1. The Labute approximate surface area is 99.4 Å². The summed E-state index contributed by atoms with van der Waals surface area (Å²) < 4.78 is 0. The Morgan fingerprint density at radius 1 is 1.62 bits per heavy atom. The van der Waals surface area contributed by atoms with E-state index in [0.717, 1.165) is 0 Å². The Kier molecular flexibility index (Phi) is 4.58. The second kappa shape index (κ2) is 5.72. The predicted octanol–water partition coefficient (Wildman–Crippen LogP) is 1.42. The number of hydrogen-bond donors (Lipinski definition) is 3. The molecule has 0 spiro atoms. The number of amides is 1. The number of nitrogen functional groups attached to an aromatic ring is 1. The van der Waals surface area contributed by atoms with Gasteiger partial charge < -0.3 is 16.2 Å². The molecule has 0 fully saturated rings. The van der Waals surface area contributed by atoms with Gasteiger partial charge in [0.25, 0.3) is 5.91 Å². The molecule has 0 bridgehead atoms. The van der Waals surface area contributed by atoms with Gasteiger partial charge in [0.05, 0.1) is 23.2 Å². The average molecular weight is 243 g/mol. The van der Waals surface area contributed by atoms with E-state index in [2.05, 4.69) is 5.32 Å². The first-order valence-corrected chi connectivity index (χ1v) is 5.43. The van der Waals surface area contributed by atoms with Gasteiger partial charge in [-0.3, -0.25) is 4.79 Å². The number of rotatable bonds is 4. The molecule has 0 aliphatic rings. The number of aliphatic hydroxyl groups excluding tert-OH is 1. The molecule has 5 heteroatoms. The number of aliphatic hydroxyl groups is 1. The fourth-order valence-corrected chi connectivity index (χ4v) is 1.53. The molecule has 1 unspecified atom stereocenters. The molecule has 88 valence electrons. The molecule has 0 radical (unpaired) electrons. The molecule has 1 atom stereocenters. The highest BCUT2D eigenvalue weighted by molar-refractivity contribution is 6.34. The summed E-state index contributed by atoms with van der Waals surface area (Å²) in [6.07, 6.45) is 0.662. The Bertz CT molecular complexity index is 378. The van der Waals surface area contributed by atoms with Crippen molar-refractivity contribution in [1.82, 2.24) is 5.32 Å². The molecule has 0 saturated heterocycles. The molecule has 0 saturated carbocycles. The van der Waals surface area contributed by atoms with Crippen LogP contribution in [0.3, 0.4) is 0 Å². The van der Waals surface area contributed by atoms with Gasteiger partial charge >= 0.3 is 0 Å². The minimum atomic E-state index is -0.300. The zero-order valence-corrected chi connectivity index (χ0v) is 9.79. The molecular formula is C11H15ClN2O2. The topological polar surface area (TPSA) is 75.3 Å². The minimum absolute atomic E-state index is 0.0885. The summed E-state index contributed by atoms with van der Waals surface area (Å²) >= 11 is 5.89. The molecular weight excluding hydrogens is 228 g/mol. The van der Waals surface area contributed by atoms with Gasteiger partial charge in [0.1, 0.15) is 0 Å². The van der Waals surface area contributed by atoms with Crippen LogP contribution in [-0.2, 0) is 0 Å². The lowest BCUT2D eigenvalue weighted by Crippen LogP contribution is -2.37. The Morgan fingerprint density at radius 2 is 2.31 bits per heavy atom. The van der Waals surface area contributed by atoms with Crippen molar-refractivity contribution in [2.24, 2.45) is 0 Å². The van der Waals surface area contributed by atoms with E-state index in [0.29, 0.717) is 22.7 Å². The van der Waals surface area contributed by atoms with Crippen molar-refractivity contribution in [1.29, 1.82) is 0 Å². The number of carbonyl (C=O) groups is 1.